The molecule has 0 aliphatic carbocycles. The van der Waals surface area contributed by atoms with Gasteiger partial charge in [0.15, 0.2) is 0 Å². The van der Waals surface area contributed by atoms with Gasteiger partial charge in [0.25, 0.3) is 0 Å². The maximum absolute atomic E-state index is 4.97. The summed E-state index contributed by atoms with van der Waals surface area (Å²) in [5.74, 6) is 0. The van der Waals surface area contributed by atoms with Crippen LogP contribution in [0.4, 0.5) is 0 Å². The summed E-state index contributed by atoms with van der Waals surface area (Å²) in [6.07, 6.45) is 8.41. The summed E-state index contributed by atoms with van der Waals surface area (Å²) < 4.78 is 0. The Morgan fingerprint density at radius 2 is 1.00 bits per heavy atom. The Morgan fingerprint density at radius 3 is 1.39 bits per heavy atom. The van der Waals surface area contributed by atoms with Crippen LogP contribution >= 0.6 is 0 Å². The Morgan fingerprint density at radius 1 is 0.613 bits per heavy atom. The Kier molecular flexibility index (Phi) is 5.13. The Balaban J connectivity index is 0.00000231. The zero-order valence-electron chi connectivity index (χ0n) is 18.7. The summed E-state index contributed by atoms with van der Waals surface area (Å²) in [7, 11) is 0. The van der Waals surface area contributed by atoms with Crippen LogP contribution in [0, 0.1) is 0 Å². The number of allylic oxidation sites excluding steroid dienone is 6. The number of rotatable bonds is 0. The smallest absolute Gasteiger partial charge is 0.660 e. The molecule has 0 saturated heterocycles. The van der Waals surface area contributed by atoms with Crippen molar-refractivity contribution in [3.8, 4) is 0 Å². The molecule has 160 valence electrons. The molecule has 0 unspecified atom stereocenters. The number of fused-ring (bicyclic) bond motifs is 6. The number of aliphatic imine (C=N–C) groups is 2. The summed E-state index contributed by atoms with van der Waals surface area (Å²) >= 11 is 0. The van der Waals surface area contributed by atoms with Crippen LogP contribution in [0.1, 0.15) is 64.3 Å². The molecule has 4 nitrogen and oxygen atoms in total. The SMILES string of the molecule is C/C1=C2\C=CC(=N2)C(C)(C)c2ccc([n-]2)/C(C)=C2/C=CC(=N2)C(C)(C)c2ccc1[n-]2.[Pt+2]. The normalized spacial score (nSPS) is 25.4. The van der Waals surface area contributed by atoms with Gasteiger partial charge in [-0.2, -0.15) is 0 Å². The monoisotopic (exact) mass is 589 g/mol. The molecule has 0 fully saturated rings. The van der Waals surface area contributed by atoms with E-state index < -0.39 is 0 Å². The Hall–Kier alpha value is -2.45. The van der Waals surface area contributed by atoms with Gasteiger partial charge in [-0.1, -0.05) is 52.0 Å². The van der Waals surface area contributed by atoms with Gasteiger partial charge in [-0.25, -0.2) is 0 Å². The van der Waals surface area contributed by atoms with Crippen LogP contribution in [0.15, 0.2) is 69.9 Å². The number of nitrogens with zero attached hydrogens (tertiary/aromatic N) is 4. The van der Waals surface area contributed by atoms with E-state index in [1.807, 2.05) is 0 Å². The molecule has 2 aromatic rings. The Labute approximate surface area is 198 Å². The minimum absolute atomic E-state index is 0. The standard InChI is InChI=1S/C26H26N4.Pt/c1-15-17-7-11-21(27-17)25(3,4)23-13-9-19(29-23)16(2)20-10-14-24(30-20)26(5,6)22-12-8-18(15)28-22;/h7-14H,1-6H3;/q-2;+2/b17-15-,20-16-;. The molecule has 0 aromatic carbocycles. The van der Waals surface area contributed by atoms with Crippen molar-refractivity contribution < 1.29 is 21.1 Å². The van der Waals surface area contributed by atoms with Gasteiger partial charge < -0.3 is 9.97 Å². The van der Waals surface area contributed by atoms with Crippen LogP contribution in [0.5, 0.6) is 0 Å². The van der Waals surface area contributed by atoms with E-state index in [-0.39, 0.29) is 31.9 Å². The molecular formula is C26H26N4Pt. The van der Waals surface area contributed by atoms with Crippen molar-refractivity contribution in [3.63, 3.8) is 0 Å². The van der Waals surface area contributed by atoms with Crippen molar-refractivity contribution in [2.45, 2.75) is 52.4 Å². The van der Waals surface area contributed by atoms with Crippen LogP contribution in [-0.4, -0.2) is 11.4 Å². The largest absolute Gasteiger partial charge is 2.00 e. The second-order valence-corrected chi connectivity index (χ2v) is 9.36. The fourth-order valence-corrected chi connectivity index (χ4v) is 4.20. The first-order chi connectivity index (χ1) is 14.2. The molecule has 2 aromatic heterocycles. The van der Waals surface area contributed by atoms with E-state index in [0.717, 1.165) is 56.7 Å². The third kappa shape index (κ3) is 3.32. The molecule has 0 amide bonds. The summed E-state index contributed by atoms with van der Waals surface area (Å²) in [6, 6.07) is 8.41. The molecule has 0 radical (unpaired) electrons. The first-order valence-electron chi connectivity index (χ1n) is 10.4. The predicted molar refractivity (Wildman–Crippen MR) is 124 cm³/mol. The number of hydrogen-bond acceptors (Lipinski definition) is 2. The fraction of sp³-hybridized carbons (Fsp3) is 0.308. The zero-order valence-corrected chi connectivity index (χ0v) is 21.0. The minimum atomic E-state index is -0.286. The molecule has 3 aliphatic rings. The van der Waals surface area contributed by atoms with Crippen LogP contribution in [0.25, 0.3) is 11.1 Å². The average molecular weight is 590 g/mol. The van der Waals surface area contributed by atoms with Gasteiger partial charge in [-0.3, -0.25) is 9.98 Å². The zero-order chi connectivity index (χ0) is 21.3. The van der Waals surface area contributed by atoms with Gasteiger partial charge in [0, 0.05) is 22.3 Å². The predicted octanol–water partition coefficient (Wildman–Crippen LogP) is 5.35. The van der Waals surface area contributed by atoms with E-state index in [2.05, 4.69) is 90.1 Å². The second kappa shape index (κ2) is 7.31. The van der Waals surface area contributed by atoms with E-state index >= 15 is 0 Å². The topological polar surface area (TPSA) is 52.9 Å². The Bertz CT molecular complexity index is 1150. The van der Waals surface area contributed by atoms with Gasteiger partial charge in [0.1, 0.15) is 0 Å². The van der Waals surface area contributed by atoms with Gasteiger partial charge in [0.05, 0.1) is 11.4 Å². The van der Waals surface area contributed by atoms with Crippen LogP contribution in [-0.2, 0) is 31.9 Å². The van der Waals surface area contributed by atoms with Crippen molar-refractivity contribution in [2.24, 2.45) is 9.98 Å². The van der Waals surface area contributed by atoms with E-state index in [4.69, 9.17) is 20.0 Å². The molecule has 8 bridgehead atoms. The van der Waals surface area contributed by atoms with Crippen LogP contribution in [0.2, 0.25) is 0 Å². The summed E-state index contributed by atoms with van der Waals surface area (Å²) in [5.41, 5.74) is 9.55. The first-order valence-corrected chi connectivity index (χ1v) is 10.4. The molecular weight excluding hydrogens is 563 g/mol. The quantitative estimate of drug-likeness (QED) is 0.416. The summed E-state index contributed by atoms with van der Waals surface area (Å²) in [6.45, 7) is 12.9. The molecule has 5 rings (SSSR count). The van der Waals surface area contributed by atoms with Crippen LogP contribution < -0.4 is 9.97 Å². The van der Waals surface area contributed by atoms with Gasteiger partial charge in [-0.15, -0.1) is 22.8 Å². The molecule has 3 aliphatic heterocycles. The molecule has 5 heteroatoms. The molecule has 0 spiro atoms. The maximum Gasteiger partial charge on any atom is 2.00 e. The van der Waals surface area contributed by atoms with Crippen molar-refractivity contribution in [1.29, 1.82) is 0 Å². The molecule has 5 heterocycles. The molecule has 31 heavy (non-hydrogen) atoms. The second-order valence-electron chi connectivity index (χ2n) is 9.36. The third-order valence-electron chi connectivity index (χ3n) is 6.66. The average Bonchev–Trinajstić information content (AvgIpc) is 3.50. The van der Waals surface area contributed by atoms with E-state index in [0.29, 0.717) is 0 Å². The third-order valence-corrected chi connectivity index (χ3v) is 6.66. The van der Waals surface area contributed by atoms with Crippen molar-refractivity contribution >= 4 is 22.6 Å². The molecule has 0 N–H and O–H groups in total. The van der Waals surface area contributed by atoms with Gasteiger partial charge in [-0.05, 0) is 49.3 Å². The minimum Gasteiger partial charge on any atom is -0.660 e. The van der Waals surface area contributed by atoms with E-state index in [1.54, 1.807) is 0 Å². The van der Waals surface area contributed by atoms with Crippen molar-refractivity contribution in [2.75, 3.05) is 0 Å². The summed E-state index contributed by atoms with van der Waals surface area (Å²) in [5, 5.41) is 0. The van der Waals surface area contributed by atoms with Crippen molar-refractivity contribution in [1.82, 2.24) is 9.97 Å². The fourth-order valence-electron chi connectivity index (χ4n) is 4.20. The number of aromatic nitrogens is 2. The maximum atomic E-state index is 4.97. The van der Waals surface area contributed by atoms with Gasteiger partial charge in [0.2, 0.25) is 0 Å². The molecule has 0 atom stereocenters. The van der Waals surface area contributed by atoms with E-state index in [9.17, 15) is 0 Å². The van der Waals surface area contributed by atoms with Gasteiger partial charge >= 0.3 is 21.1 Å². The van der Waals surface area contributed by atoms with E-state index in [1.165, 1.54) is 0 Å². The van der Waals surface area contributed by atoms with Crippen LogP contribution in [0.3, 0.4) is 0 Å². The first kappa shape index (κ1) is 21.8. The van der Waals surface area contributed by atoms with Crippen molar-refractivity contribution in [3.05, 3.63) is 82.7 Å². The number of hydrogen-bond donors (Lipinski definition) is 0. The molecule has 0 saturated carbocycles. The summed E-state index contributed by atoms with van der Waals surface area (Å²) in [4.78, 5) is 19.9.